The van der Waals surface area contributed by atoms with Crippen molar-refractivity contribution in [3.05, 3.63) is 46.7 Å². The van der Waals surface area contributed by atoms with Crippen LogP contribution in [-0.4, -0.2) is 32.8 Å². The first-order chi connectivity index (χ1) is 12.2. The number of rotatable bonds is 0. The average Bonchev–Trinajstić information content (AvgIpc) is 2.62. The summed E-state index contributed by atoms with van der Waals surface area (Å²) >= 11 is 4.13. The van der Waals surface area contributed by atoms with Crippen molar-refractivity contribution in [3.63, 3.8) is 0 Å². The van der Waals surface area contributed by atoms with Gasteiger partial charge in [0, 0.05) is 30.7 Å². The Bertz CT molecular complexity index is 750. The van der Waals surface area contributed by atoms with Gasteiger partial charge in [-0.25, -0.2) is 0 Å². The van der Waals surface area contributed by atoms with Crippen molar-refractivity contribution in [1.82, 2.24) is 4.90 Å². The number of Topliss-reactive ketones (excluding diaryl/α,β-unsaturated/α-hetero) is 1. The lowest BCUT2D eigenvalue weighted by Gasteiger charge is -2.54. The van der Waals surface area contributed by atoms with Crippen LogP contribution in [0.5, 0.6) is 0 Å². The summed E-state index contributed by atoms with van der Waals surface area (Å²) in [6.45, 7) is 3.32. The summed E-state index contributed by atoms with van der Waals surface area (Å²) in [6, 6.07) is 9.46. The Morgan fingerprint density at radius 2 is 1.92 bits per heavy atom. The van der Waals surface area contributed by atoms with Crippen LogP contribution in [0.2, 0.25) is 0 Å². The van der Waals surface area contributed by atoms with Crippen LogP contribution in [0.4, 0.5) is 0 Å². The van der Waals surface area contributed by atoms with E-state index >= 15 is 0 Å². The van der Waals surface area contributed by atoms with Crippen molar-refractivity contribution in [2.75, 3.05) is 18.1 Å². The van der Waals surface area contributed by atoms with Gasteiger partial charge in [0.2, 0.25) is 0 Å². The molecule has 2 atom stereocenters. The largest absolute Gasteiger partial charge is 0.367 e. The average molecular weight is 388 g/mol. The molecule has 0 bridgehead atoms. The van der Waals surface area contributed by atoms with Crippen LogP contribution in [0.25, 0.3) is 0 Å². The van der Waals surface area contributed by atoms with E-state index in [2.05, 4.69) is 59.6 Å². The Kier molecular flexibility index (Phi) is 4.94. The fourth-order valence-electron chi connectivity index (χ4n) is 5.17. The van der Waals surface area contributed by atoms with Gasteiger partial charge in [0.1, 0.15) is 0 Å². The zero-order valence-corrected chi connectivity index (χ0v) is 16.4. The lowest BCUT2D eigenvalue weighted by Crippen LogP contribution is -2.49. The number of ketones is 1. The number of benzene rings is 1. The van der Waals surface area contributed by atoms with Crippen LogP contribution in [0.15, 0.2) is 35.5 Å². The Labute approximate surface area is 166 Å². The molecule has 2 unspecified atom stereocenters. The van der Waals surface area contributed by atoms with Crippen molar-refractivity contribution in [2.45, 2.75) is 56.6 Å². The van der Waals surface area contributed by atoms with Gasteiger partial charge in [-0.15, -0.1) is 23.5 Å². The lowest BCUT2D eigenvalue weighted by molar-refractivity contribution is -0.117. The van der Waals surface area contributed by atoms with Gasteiger partial charge in [-0.1, -0.05) is 38.6 Å². The summed E-state index contributed by atoms with van der Waals surface area (Å²) in [4.78, 5) is 15.7. The standard InChI is InChI=1S/C21H25NOS2.CH4/c1-14-11-17-20(19(23)12-14)21(24-9-4-10-25-21)13-18-16-6-3-2-5-15(16)7-8-22(17)18;/h2-3,5-6,14,18H,4,7-13H2,1H3;1H4. The summed E-state index contributed by atoms with van der Waals surface area (Å²) in [5.41, 5.74) is 5.63. The van der Waals surface area contributed by atoms with Gasteiger partial charge >= 0.3 is 0 Å². The van der Waals surface area contributed by atoms with Crippen LogP contribution in [0.3, 0.4) is 0 Å². The summed E-state index contributed by atoms with van der Waals surface area (Å²) in [6.07, 6.45) is 5.31. The molecule has 1 aliphatic carbocycles. The first-order valence-corrected chi connectivity index (χ1v) is 11.5. The van der Waals surface area contributed by atoms with E-state index in [0.717, 1.165) is 32.2 Å². The van der Waals surface area contributed by atoms with Crippen molar-refractivity contribution in [1.29, 1.82) is 0 Å². The fourth-order valence-corrected chi connectivity index (χ4v) is 8.72. The molecule has 140 valence electrons. The van der Waals surface area contributed by atoms with E-state index in [1.807, 2.05) is 0 Å². The molecular weight excluding hydrogens is 358 g/mol. The number of carbonyl (C=O) groups excluding carboxylic acids is 1. The number of carbonyl (C=O) groups is 1. The van der Waals surface area contributed by atoms with Gasteiger partial charge in [0.05, 0.1) is 10.1 Å². The van der Waals surface area contributed by atoms with Gasteiger partial charge in [0.25, 0.3) is 0 Å². The summed E-state index contributed by atoms with van der Waals surface area (Å²) in [5, 5.41) is 0. The SMILES string of the molecule is C.CC1CC(=O)C2=C(C1)N1CCc3ccccc3C1CC21SCCCS1. The maximum Gasteiger partial charge on any atom is 0.163 e. The Morgan fingerprint density at radius 1 is 1.15 bits per heavy atom. The van der Waals surface area contributed by atoms with E-state index in [9.17, 15) is 4.79 Å². The second kappa shape index (κ2) is 6.94. The minimum Gasteiger partial charge on any atom is -0.367 e. The molecule has 3 heterocycles. The molecule has 0 radical (unpaired) electrons. The molecule has 1 fully saturated rings. The van der Waals surface area contributed by atoms with Crippen molar-refractivity contribution in [2.24, 2.45) is 5.92 Å². The van der Waals surface area contributed by atoms with E-state index in [0.29, 0.717) is 17.7 Å². The molecule has 5 rings (SSSR count). The van der Waals surface area contributed by atoms with E-state index in [1.165, 1.54) is 40.3 Å². The molecule has 1 aromatic carbocycles. The predicted octanol–water partition coefficient (Wildman–Crippen LogP) is 5.45. The normalized spacial score (nSPS) is 29.6. The van der Waals surface area contributed by atoms with E-state index in [1.54, 1.807) is 0 Å². The van der Waals surface area contributed by atoms with Crippen LogP contribution in [-0.2, 0) is 11.2 Å². The highest BCUT2D eigenvalue weighted by atomic mass is 32.2. The smallest absolute Gasteiger partial charge is 0.163 e. The van der Waals surface area contributed by atoms with Gasteiger partial charge in [-0.2, -0.15) is 0 Å². The summed E-state index contributed by atoms with van der Waals surface area (Å²) in [7, 11) is 0. The Hall–Kier alpha value is -0.870. The van der Waals surface area contributed by atoms with Crippen LogP contribution in [0.1, 0.15) is 57.2 Å². The second-order valence-corrected chi connectivity index (χ2v) is 11.0. The number of fused-ring (bicyclic) bond motifs is 5. The third kappa shape index (κ3) is 2.75. The maximum atomic E-state index is 13.1. The highest BCUT2D eigenvalue weighted by Crippen LogP contribution is 2.60. The Morgan fingerprint density at radius 3 is 2.73 bits per heavy atom. The first kappa shape index (κ1) is 18.5. The van der Waals surface area contributed by atoms with Crippen LogP contribution in [0, 0.1) is 5.92 Å². The van der Waals surface area contributed by atoms with Crippen molar-refractivity contribution < 1.29 is 4.79 Å². The zero-order valence-electron chi connectivity index (χ0n) is 14.8. The number of allylic oxidation sites excluding steroid dienone is 1. The van der Waals surface area contributed by atoms with Crippen LogP contribution < -0.4 is 0 Å². The topological polar surface area (TPSA) is 20.3 Å². The highest BCUT2D eigenvalue weighted by Gasteiger charge is 2.52. The molecule has 4 heteroatoms. The van der Waals surface area contributed by atoms with Crippen molar-refractivity contribution in [3.8, 4) is 0 Å². The molecule has 1 spiro atoms. The van der Waals surface area contributed by atoms with E-state index in [4.69, 9.17) is 0 Å². The minimum absolute atomic E-state index is 0. The van der Waals surface area contributed by atoms with Gasteiger partial charge in [0.15, 0.2) is 5.78 Å². The molecule has 1 aromatic rings. The monoisotopic (exact) mass is 387 g/mol. The molecule has 0 amide bonds. The van der Waals surface area contributed by atoms with Crippen molar-refractivity contribution >= 4 is 29.3 Å². The molecule has 0 N–H and O–H groups in total. The molecule has 0 aromatic heterocycles. The van der Waals surface area contributed by atoms with E-state index in [-0.39, 0.29) is 11.5 Å². The number of hydrogen-bond acceptors (Lipinski definition) is 4. The number of hydrogen-bond donors (Lipinski definition) is 0. The van der Waals surface area contributed by atoms with Gasteiger partial charge in [-0.05, 0) is 47.8 Å². The molecule has 2 nitrogen and oxygen atoms in total. The minimum atomic E-state index is 0. The first-order valence-electron chi connectivity index (χ1n) is 9.57. The van der Waals surface area contributed by atoms with Gasteiger partial charge < -0.3 is 4.90 Å². The summed E-state index contributed by atoms with van der Waals surface area (Å²) < 4.78 is 0.0103. The molecule has 0 saturated carbocycles. The predicted molar refractivity (Wildman–Crippen MR) is 114 cm³/mol. The number of thioether (sulfide) groups is 2. The number of nitrogens with zero attached hydrogens (tertiary/aromatic N) is 1. The van der Waals surface area contributed by atoms with Crippen LogP contribution >= 0.6 is 23.5 Å². The molecular formula is C22H29NOS2. The third-order valence-corrected chi connectivity index (χ3v) is 9.57. The quantitative estimate of drug-likeness (QED) is 0.590. The zero-order chi connectivity index (χ0) is 17.0. The van der Waals surface area contributed by atoms with Gasteiger partial charge in [-0.3, -0.25) is 4.79 Å². The molecule has 26 heavy (non-hydrogen) atoms. The molecule has 1 saturated heterocycles. The maximum absolute atomic E-state index is 13.1. The highest BCUT2D eigenvalue weighted by molar-refractivity contribution is 8.19. The lowest BCUT2D eigenvalue weighted by atomic mass is 9.77. The van der Waals surface area contributed by atoms with E-state index < -0.39 is 0 Å². The molecule has 4 aliphatic rings. The Balaban J connectivity index is 0.00000168. The summed E-state index contributed by atoms with van der Waals surface area (Å²) in [5.74, 6) is 3.31. The third-order valence-electron chi connectivity index (χ3n) is 6.20. The molecule has 3 aliphatic heterocycles. The second-order valence-electron chi connectivity index (χ2n) is 7.92. The fraction of sp³-hybridized carbons (Fsp3) is 0.591.